The van der Waals surface area contributed by atoms with Gasteiger partial charge in [0.05, 0.1) is 0 Å². The van der Waals surface area contributed by atoms with Gasteiger partial charge in [-0.2, -0.15) is 0 Å². The number of fused-ring (bicyclic) bond motifs is 1. The van der Waals surface area contributed by atoms with Crippen LogP contribution in [0.3, 0.4) is 0 Å². The number of hydrogen-bond acceptors (Lipinski definition) is 3. The molecule has 0 fully saturated rings. The molecule has 1 aromatic carbocycles. The average Bonchev–Trinajstić information content (AvgIpc) is 2.64. The van der Waals surface area contributed by atoms with Crippen LogP contribution in [0.1, 0.15) is 19.4 Å². The molecule has 0 spiro atoms. The Morgan fingerprint density at radius 3 is 3.10 bits per heavy atom. The topological polar surface area (TPSA) is 44.4 Å². The minimum absolute atomic E-state index is 0.0359. The number of para-hydroxylation sites is 1. The molecule has 2 N–H and O–H groups in total. The van der Waals surface area contributed by atoms with Crippen molar-refractivity contribution >= 4 is 11.6 Å². The molecule has 0 radical (unpaired) electrons. The van der Waals surface area contributed by atoms with Gasteiger partial charge in [0.2, 0.25) is 5.91 Å². The lowest BCUT2D eigenvalue weighted by Gasteiger charge is -2.31. The maximum Gasteiger partial charge on any atom is 0.242 e. The van der Waals surface area contributed by atoms with Gasteiger partial charge < -0.3 is 15.5 Å². The molecule has 20 heavy (non-hydrogen) atoms. The van der Waals surface area contributed by atoms with E-state index >= 15 is 0 Å². The summed E-state index contributed by atoms with van der Waals surface area (Å²) in [7, 11) is 0. The lowest BCUT2D eigenvalue weighted by molar-refractivity contribution is -0.121. The largest absolute Gasteiger partial charge is 0.358 e. The first-order chi connectivity index (χ1) is 9.63. The Labute approximate surface area is 120 Å². The van der Waals surface area contributed by atoms with E-state index < -0.39 is 0 Å². The quantitative estimate of drug-likeness (QED) is 0.820. The van der Waals surface area contributed by atoms with Crippen molar-refractivity contribution in [2.45, 2.75) is 32.5 Å². The van der Waals surface area contributed by atoms with Crippen molar-refractivity contribution in [2.75, 3.05) is 18.0 Å². The van der Waals surface area contributed by atoms with Crippen LogP contribution >= 0.6 is 0 Å². The van der Waals surface area contributed by atoms with Gasteiger partial charge in [-0.15, -0.1) is 6.58 Å². The second-order valence-electron chi connectivity index (χ2n) is 5.27. The molecule has 1 aromatic rings. The third kappa shape index (κ3) is 3.20. The van der Waals surface area contributed by atoms with Gasteiger partial charge in [0.15, 0.2) is 0 Å². The zero-order valence-electron chi connectivity index (χ0n) is 12.2. The number of nitrogens with zero attached hydrogens (tertiary/aromatic N) is 1. The van der Waals surface area contributed by atoms with Crippen LogP contribution in [-0.4, -0.2) is 31.1 Å². The van der Waals surface area contributed by atoms with Crippen LogP contribution in [0, 0.1) is 0 Å². The number of hydrogen-bond donors (Lipinski definition) is 2. The molecule has 2 unspecified atom stereocenters. The van der Waals surface area contributed by atoms with E-state index in [-0.39, 0.29) is 11.9 Å². The fourth-order valence-electron chi connectivity index (χ4n) is 2.51. The molecule has 1 aliphatic heterocycles. The Morgan fingerprint density at radius 2 is 2.35 bits per heavy atom. The summed E-state index contributed by atoms with van der Waals surface area (Å²) < 4.78 is 0. The molecule has 1 aliphatic rings. The number of amides is 1. The zero-order chi connectivity index (χ0) is 14.5. The van der Waals surface area contributed by atoms with E-state index in [2.05, 4.69) is 41.2 Å². The van der Waals surface area contributed by atoms with E-state index in [0.29, 0.717) is 12.6 Å². The summed E-state index contributed by atoms with van der Waals surface area (Å²) in [6.07, 6.45) is 1.70. The first kappa shape index (κ1) is 14.6. The minimum atomic E-state index is -0.196. The van der Waals surface area contributed by atoms with Crippen LogP contribution in [0.15, 0.2) is 36.9 Å². The number of nitrogens with one attached hydrogen (secondary N) is 2. The van der Waals surface area contributed by atoms with Crippen LogP contribution in [0.5, 0.6) is 0 Å². The minimum Gasteiger partial charge on any atom is -0.358 e. The van der Waals surface area contributed by atoms with Gasteiger partial charge in [-0.3, -0.25) is 4.79 Å². The lowest BCUT2D eigenvalue weighted by Crippen LogP contribution is -2.48. The summed E-state index contributed by atoms with van der Waals surface area (Å²) in [4.78, 5) is 14.4. The normalized spacial score (nSPS) is 19.7. The second kappa shape index (κ2) is 6.57. The summed E-state index contributed by atoms with van der Waals surface area (Å²) in [5.74, 6) is 0.0359. The molecule has 1 heterocycles. The van der Waals surface area contributed by atoms with Gasteiger partial charge >= 0.3 is 0 Å². The maximum atomic E-state index is 12.2. The van der Waals surface area contributed by atoms with Gasteiger partial charge in [0.1, 0.15) is 6.04 Å². The second-order valence-corrected chi connectivity index (χ2v) is 5.27. The zero-order valence-corrected chi connectivity index (χ0v) is 12.2. The average molecular weight is 273 g/mol. The summed E-state index contributed by atoms with van der Waals surface area (Å²) >= 11 is 0. The molecule has 0 bridgehead atoms. The fourth-order valence-corrected chi connectivity index (χ4v) is 2.51. The van der Waals surface area contributed by atoms with Gasteiger partial charge in [0.25, 0.3) is 0 Å². The van der Waals surface area contributed by atoms with Crippen LogP contribution < -0.4 is 15.5 Å². The molecule has 1 amide bonds. The van der Waals surface area contributed by atoms with Crippen molar-refractivity contribution in [3.63, 3.8) is 0 Å². The van der Waals surface area contributed by atoms with Crippen molar-refractivity contribution < 1.29 is 4.79 Å². The number of anilines is 1. The van der Waals surface area contributed by atoms with Gasteiger partial charge in [-0.25, -0.2) is 0 Å². The summed E-state index contributed by atoms with van der Waals surface area (Å²) in [5, 5.41) is 6.35. The van der Waals surface area contributed by atoms with E-state index in [0.717, 1.165) is 18.8 Å². The number of carbonyl (C=O) groups is 1. The number of benzene rings is 1. The summed E-state index contributed by atoms with van der Waals surface area (Å²) in [5.41, 5.74) is 2.38. The van der Waals surface area contributed by atoms with Crippen LogP contribution in [0.25, 0.3) is 0 Å². The van der Waals surface area contributed by atoms with E-state index in [1.165, 1.54) is 5.56 Å². The Balaban J connectivity index is 2.23. The Kier molecular flexibility index (Phi) is 4.79. The highest BCUT2D eigenvalue weighted by Crippen LogP contribution is 2.25. The molecule has 2 atom stereocenters. The predicted octanol–water partition coefficient (Wildman–Crippen LogP) is 1.68. The Bertz CT molecular complexity index is 486. The molecule has 2 rings (SSSR count). The molecular formula is C16H23N3O. The van der Waals surface area contributed by atoms with Crippen molar-refractivity contribution in [1.82, 2.24) is 10.6 Å². The third-order valence-corrected chi connectivity index (χ3v) is 3.68. The van der Waals surface area contributed by atoms with Gasteiger partial charge in [0, 0.05) is 31.4 Å². The van der Waals surface area contributed by atoms with E-state index in [4.69, 9.17) is 0 Å². The predicted molar refractivity (Wildman–Crippen MR) is 82.8 cm³/mol. The van der Waals surface area contributed by atoms with Crippen LogP contribution in [0.2, 0.25) is 0 Å². The fraction of sp³-hybridized carbons (Fsp3) is 0.438. The van der Waals surface area contributed by atoms with Crippen molar-refractivity contribution in [3.05, 3.63) is 42.5 Å². The first-order valence-corrected chi connectivity index (χ1v) is 7.10. The lowest BCUT2D eigenvalue weighted by atomic mass is 10.1. The molecule has 4 heteroatoms. The highest BCUT2D eigenvalue weighted by molar-refractivity contribution is 5.85. The molecule has 0 aliphatic carbocycles. The molecule has 0 saturated carbocycles. The SMILES string of the molecule is C=CCNC(=O)C(C)N1CC(C)NCc2ccccc21. The first-order valence-electron chi connectivity index (χ1n) is 7.10. The van der Waals surface area contributed by atoms with Gasteiger partial charge in [-0.05, 0) is 25.5 Å². The van der Waals surface area contributed by atoms with Crippen LogP contribution in [0.4, 0.5) is 5.69 Å². The van der Waals surface area contributed by atoms with E-state index in [1.54, 1.807) is 6.08 Å². The van der Waals surface area contributed by atoms with Gasteiger partial charge in [-0.1, -0.05) is 24.3 Å². The maximum absolute atomic E-state index is 12.2. The molecular weight excluding hydrogens is 250 g/mol. The Hall–Kier alpha value is -1.81. The number of carbonyl (C=O) groups excluding carboxylic acids is 1. The summed E-state index contributed by atoms with van der Waals surface area (Å²) in [6, 6.07) is 8.41. The standard InChI is InChI=1S/C16H23N3O/c1-4-9-17-16(20)13(3)19-11-12(2)18-10-14-7-5-6-8-15(14)19/h4-8,12-13,18H,1,9-11H2,2-3H3,(H,17,20). The highest BCUT2D eigenvalue weighted by atomic mass is 16.2. The van der Waals surface area contributed by atoms with E-state index in [1.807, 2.05) is 19.1 Å². The third-order valence-electron chi connectivity index (χ3n) is 3.68. The highest BCUT2D eigenvalue weighted by Gasteiger charge is 2.26. The molecule has 0 aromatic heterocycles. The molecule has 0 saturated heterocycles. The Morgan fingerprint density at radius 1 is 1.60 bits per heavy atom. The van der Waals surface area contributed by atoms with E-state index in [9.17, 15) is 4.79 Å². The molecule has 108 valence electrons. The summed E-state index contributed by atoms with van der Waals surface area (Å²) in [6.45, 7) is 9.89. The smallest absolute Gasteiger partial charge is 0.242 e. The monoisotopic (exact) mass is 273 g/mol. The van der Waals surface area contributed by atoms with Crippen LogP contribution in [-0.2, 0) is 11.3 Å². The van der Waals surface area contributed by atoms with Crippen molar-refractivity contribution in [2.24, 2.45) is 0 Å². The number of rotatable bonds is 4. The van der Waals surface area contributed by atoms with Crippen molar-refractivity contribution in [3.8, 4) is 0 Å². The van der Waals surface area contributed by atoms with Crippen molar-refractivity contribution in [1.29, 1.82) is 0 Å². The molecule has 4 nitrogen and oxygen atoms in total.